The van der Waals surface area contributed by atoms with Crippen LogP contribution in [0, 0.1) is 0 Å². The molecule has 14 heteroatoms. The zero-order chi connectivity index (χ0) is 31.3. The summed E-state index contributed by atoms with van der Waals surface area (Å²) in [7, 11) is 10.0. The molecule has 0 saturated carbocycles. The number of rotatable bonds is 11. The summed E-state index contributed by atoms with van der Waals surface area (Å²) in [6.07, 6.45) is 4.94. The normalized spacial score (nSPS) is 13.5. The van der Waals surface area contributed by atoms with E-state index < -0.39 is 5.30 Å². The number of carbonyl (C=O) groups is 1. The average Bonchev–Trinajstić information content (AvgIpc) is 3.42. The van der Waals surface area contributed by atoms with Gasteiger partial charge in [-0.05, 0) is 26.2 Å². The quantitative estimate of drug-likeness (QED) is 0.195. The van der Waals surface area contributed by atoms with Gasteiger partial charge in [0.05, 0.1) is 36.0 Å². The van der Waals surface area contributed by atoms with Crippen molar-refractivity contribution in [3.8, 4) is 22.8 Å². The maximum Gasteiger partial charge on any atom is 0.247 e. The molecule has 0 bridgehead atoms. The Hall–Kier alpha value is -4.55. The first kappa shape index (κ1) is 30.9. The van der Waals surface area contributed by atoms with E-state index in [0.29, 0.717) is 55.2 Å². The molecule has 3 heterocycles. The number of benzene rings is 2. The van der Waals surface area contributed by atoms with Crippen molar-refractivity contribution in [1.29, 1.82) is 0 Å². The van der Waals surface area contributed by atoms with Crippen LogP contribution in [-0.4, -0.2) is 99.8 Å². The van der Waals surface area contributed by atoms with Crippen molar-refractivity contribution >= 4 is 52.5 Å². The number of aromatic nitrogens is 4. The van der Waals surface area contributed by atoms with Crippen LogP contribution in [0.4, 0.5) is 23.0 Å². The number of hydrogen-bond donors (Lipinski definition) is 2. The van der Waals surface area contributed by atoms with E-state index in [-0.39, 0.29) is 5.91 Å². The van der Waals surface area contributed by atoms with Crippen LogP contribution in [-0.2, 0) is 16.1 Å². The average molecular weight is 590 g/mol. The molecule has 1 saturated heterocycles. The number of ether oxygens (including phenoxy) is 2. The van der Waals surface area contributed by atoms with Gasteiger partial charge in [-0.25, -0.2) is 9.67 Å². The second-order valence-corrected chi connectivity index (χ2v) is 11.8. The minimum absolute atomic E-state index is 0.311. The maximum atomic E-state index is 12.4. The third kappa shape index (κ3) is 7.69. The van der Waals surface area contributed by atoms with Crippen molar-refractivity contribution in [2.24, 2.45) is 0 Å². The molecule has 2 aromatic carbocycles. The molecule has 1 aliphatic rings. The van der Waals surface area contributed by atoms with Gasteiger partial charge in [0.2, 0.25) is 11.9 Å². The highest BCUT2D eigenvalue weighted by Crippen LogP contribution is 2.39. The molecule has 2 aromatic heterocycles. The first-order chi connectivity index (χ1) is 21.1. The summed E-state index contributed by atoms with van der Waals surface area (Å²) in [5.41, 5.74) is 5.07. The molecule has 224 valence electrons. The summed E-state index contributed by atoms with van der Waals surface area (Å²) in [6.45, 7) is 6.92. The molecular weight excluding hydrogens is 553 g/mol. The molecule has 0 spiro atoms. The molecule has 5 rings (SSSR count). The van der Waals surface area contributed by atoms with Crippen molar-refractivity contribution in [1.82, 2.24) is 24.6 Å². The Kier molecular flexibility index (Phi) is 9.41. The molecule has 11 nitrogen and oxygen atoms in total. The monoisotopic (exact) mass is 590 g/mol. The standard InChI is InChI=1S/C30H37B3N8O3/c1-4-27(42)35-22-16-23(25(44-30(31,32)33)17-24(22)40-12-14-43-15-13-40)36-29-34-11-10-26(37-29)41-19-21(18-39(2)3)28(38-41)20-8-6-5-7-9-20/h4-11,16-17,19H,1,12-15,18,31-33H2,2-3H3,(H,35,42)(H,34,36,37). The Balaban J connectivity index is 1.53. The summed E-state index contributed by atoms with van der Waals surface area (Å²) in [4.78, 5) is 26.0. The van der Waals surface area contributed by atoms with Gasteiger partial charge in [0.25, 0.3) is 0 Å². The van der Waals surface area contributed by atoms with E-state index in [0.717, 1.165) is 29.1 Å². The highest BCUT2D eigenvalue weighted by atomic mass is 16.5. The zero-order valence-corrected chi connectivity index (χ0v) is 26.0. The molecule has 0 atom stereocenters. The Bertz CT molecular complexity index is 1620. The summed E-state index contributed by atoms with van der Waals surface area (Å²) < 4.78 is 13.7. The van der Waals surface area contributed by atoms with E-state index >= 15 is 0 Å². The van der Waals surface area contributed by atoms with Gasteiger partial charge in [-0.1, -0.05) is 36.9 Å². The van der Waals surface area contributed by atoms with Gasteiger partial charge in [-0.15, -0.1) is 0 Å². The molecule has 1 amide bonds. The fourth-order valence-electron chi connectivity index (χ4n) is 4.91. The summed E-state index contributed by atoms with van der Waals surface area (Å²) in [6, 6.07) is 15.7. The summed E-state index contributed by atoms with van der Waals surface area (Å²) in [5.74, 6) is 1.25. The largest absolute Gasteiger partial charge is 0.511 e. The number of hydrogen-bond acceptors (Lipinski definition) is 9. The van der Waals surface area contributed by atoms with E-state index in [9.17, 15) is 4.79 Å². The molecule has 4 aromatic rings. The van der Waals surface area contributed by atoms with Gasteiger partial charge >= 0.3 is 0 Å². The van der Waals surface area contributed by atoms with Crippen LogP contribution in [0.1, 0.15) is 5.56 Å². The SMILES string of the molecule is BC(B)(B)Oc1cc(N2CCOCC2)c(NC(=O)C=C)cc1Nc1nccc(-n2cc(CN(C)C)c(-c3ccccc3)n2)n1. The zero-order valence-electron chi connectivity index (χ0n) is 26.0. The minimum Gasteiger partial charge on any atom is -0.511 e. The van der Waals surface area contributed by atoms with Crippen LogP contribution in [0.2, 0.25) is 0 Å². The highest BCUT2D eigenvalue weighted by molar-refractivity contribution is 6.58. The number of morpholine rings is 1. The fourth-order valence-corrected chi connectivity index (χ4v) is 4.91. The van der Waals surface area contributed by atoms with Gasteiger partial charge in [-0.3, -0.25) is 4.79 Å². The summed E-state index contributed by atoms with van der Waals surface area (Å²) >= 11 is 0. The van der Waals surface area contributed by atoms with Gasteiger partial charge in [0, 0.05) is 60.6 Å². The maximum absolute atomic E-state index is 12.4. The lowest BCUT2D eigenvalue weighted by Gasteiger charge is -2.32. The fraction of sp³-hybridized carbons (Fsp3) is 0.267. The number of nitrogens with zero attached hydrogens (tertiary/aromatic N) is 6. The van der Waals surface area contributed by atoms with Crippen molar-refractivity contribution < 1.29 is 14.3 Å². The van der Waals surface area contributed by atoms with Crippen LogP contribution in [0.25, 0.3) is 17.1 Å². The second-order valence-electron chi connectivity index (χ2n) is 11.8. The van der Waals surface area contributed by atoms with Crippen LogP contribution in [0.15, 0.2) is 73.6 Å². The molecule has 1 aliphatic heterocycles. The van der Waals surface area contributed by atoms with Crippen molar-refractivity contribution in [2.75, 3.05) is 55.9 Å². The molecule has 0 aliphatic carbocycles. The lowest BCUT2D eigenvalue weighted by molar-refractivity contribution is -0.111. The number of carbonyl (C=O) groups excluding carboxylic acids is 1. The molecular formula is C30H37B3N8O3. The minimum atomic E-state index is -0.487. The van der Waals surface area contributed by atoms with E-state index in [1.54, 1.807) is 10.9 Å². The third-order valence-electron chi connectivity index (χ3n) is 6.75. The number of nitrogens with one attached hydrogen (secondary N) is 2. The van der Waals surface area contributed by atoms with E-state index in [2.05, 4.69) is 44.1 Å². The van der Waals surface area contributed by atoms with Crippen LogP contribution < -0.4 is 20.3 Å². The Labute approximate surface area is 260 Å². The predicted molar refractivity (Wildman–Crippen MR) is 183 cm³/mol. The van der Waals surface area contributed by atoms with Gasteiger partial charge in [0.1, 0.15) is 29.3 Å². The second kappa shape index (κ2) is 13.4. The summed E-state index contributed by atoms with van der Waals surface area (Å²) in [5, 5.41) is 10.7. The van der Waals surface area contributed by atoms with E-state index in [1.807, 2.05) is 80.2 Å². The first-order valence-electron chi connectivity index (χ1n) is 14.6. The Morgan fingerprint density at radius 3 is 2.57 bits per heavy atom. The predicted octanol–water partition coefficient (Wildman–Crippen LogP) is 0.985. The lowest BCUT2D eigenvalue weighted by atomic mass is 9.52. The Morgan fingerprint density at radius 1 is 1.14 bits per heavy atom. The Morgan fingerprint density at radius 2 is 1.89 bits per heavy atom. The third-order valence-corrected chi connectivity index (χ3v) is 6.75. The van der Waals surface area contributed by atoms with Crippen molar-refractivity contribution in [3.63, 3.8) is 0 Å². The van der Waals surface area contributed by atoms with Crippen molar-refractivity contribution in [3.05, 3.63) is 79.1 Å². The van der Waals surface area contributed by atoms with Gasteiger partial charge < -0.3 is 29.9 Å². The van der Waals surface area contributed by atoms with Crippen LogP contribution in [0.3, 0.4) is 0 Å². The number of anilines is 4. The van der Waals surface area contributed by atoms with E-state index in [1.165, 1.54) is 6.08 Å². The smallest absolute Gasteiger partial charge is 0.247 e. The molecule has 1 fully saturated rings. The molecule has 2 N–H and O–H groups in total. The topological polar surface area (TPSA) is 110 Å². The molecule has 0 unspecified atom stereocenters. The van der Waals surface area contributed by atoms with Gasteiger partial charge in [-0.2, -0.15) is 10.1 Å². The van der Waals surface area contributed by atoms with Crippen LogP contribution >= 0.6 is 0 Å². The van der Waals surface area contributed by atoms with Gasteiger partial charge in [0.15, 0.2) is 5.82 Å². The lowest BCUT2D eigenvalue weighted by Crippen LogP contribution is -2.38. The highest BCUT2D eigenvalue weighted by Gasteiger charge is 2.23. The van der Waals surface area contributed by atoms with Crippen molar-refractivity contribution in [2.45, 2.75) is 11.8 Å². The molecule has 44 heavy (non-hydrogen) atoms. The van der Waals surface area contributed by atoms with Crippen LogP contribution in [0.5, 0.6) is 5.75 Å². The molecule has 0 radical (unpaired) electrons. The first-order valence-corrected chi connectivity index (χ1v) is 14.6. The van der Waals surface area contributed by atoms with E-state index in [4.69, 9.17) is 19.6 Å². The number of amides is 1.